The molecule has 0 aliphatic heterocycles. The van der Waals surface area contributed by atoms with Crippen LogP contribution in [0, 0.1) is 11.3 Å². The second kappa shape index (κ2) is 7.23. The molecule has 2 aromatic rings. The number of nitriles is 1. The third kappa shape index (κ3) is 3.74. The van der Waals surface area contributed by atoms with Crippen molar-refractivity contribution in [2.24, 2.45) is 0 Å². The number of hydrogen-bond donors (Lipinski definition) is 1. The maximum absolute atomic E-state index is 12.4. The lowest BCUT2D eigenvalue weighted by molar-refractivity contribution is -0.127. The van der Waals surface area contributed by atoms with Crippen molar-refractivity contribution >= 4 is 11.8 Å². The van der Waals surface area contributed by atoms with Gasteiger partial charge in [0, 0.05) is 25.2 Å². The van der Waals surface area contributed by atoms with Crippen LogP contribution in [0.5, 0.6) is 0 Å². The Morgan fingerprint density at radius 3 is 2.30 bits per heavy atom. The highest BCUT2D eigenvalue weighted by Crippen LogP contribution is 2.26. The van der Waals surface area contributed by atoms with Crippen LogP contribution in [0.1, 0.15) is 15.9 Å². The summed E-state index contributed by atoms with van der Waals surface area (Å²) in [6.45, 7) is -0.0694. The lowest BCUT2D eigenvalue weighted by Crippen LogP contribution is -2.36. The summed E-state index contributed by atoms with van der Waals surface area (Å²) in [7, 11) is 3.26. The molecule has 2 rings (SSSR count). The monoisotopic (exact) mass is 307 g/mol. The molecule has 0 fully saturated rings. The minimum atomic E-state index is -0.344. The SMILES string of the molecule is CN(C)C(=O)CNC(=O)c1ccccc1-c1ccccc1C#N. The van der Waals surface area contributed by atoms with E-state index in [0.717, 1.165) is 0 Å². The summed E-state index contributed by atoms with van der Waals surface area (Å²) in [4.78, 5) is 25.4. The highest BCUT2D eigenvalue weighted by atomic mass is 16.2. The zero-order valence-electron chi connectivity index (χ0n) is 13.0. The number of benzene rings is 2. The second-order valence-electron chi connectivity index (χ2n) is 5.17. The van der Waals surface area contributed by atoms with Gasteiger partial charge in [0.1, 0.15) is 0 Å². The lowest BCUT2D eigenvalue weighted by Gasteiger charge is -2.13. The van der Waals surface area contributed by atoms with Crippen LogP contribution in [0.3, 0.4) is 0 Å². The van der Waals surface area contributed by atoms with Crippen LogP contribution in [0.25, 0.3) is 11.1 Å². The van der Waals surface area contributed by atoms with E-state index in [9.17, 15) is 14.9 Å². The van der Waals surface area contributed by atoms with Gasteiger partial charge in [0.2, 0.25) is 5.91 Å². The fourth-order valence-electron chi connectivity index (χ4n) is 2.14. The van der Waals surface area contributed by atoms with Gasteiger partial charge in [-0.2, -0.15) is 5.26 Å². The standard InChI is InChI=1S/C18H17N3O2/c1-21(2)17(22)12-20-18(23)16-10-6-5-9-15(16)14-8-4-3-7-13(14)11-19/h3-10H,12H2,1-2H3,(H,20,23). The first kappa shape index (κ1) is 16.2. The number of carbonyl (C=O) groups excluding carboxylic acids is 2. The molecule has 0 aliphatic carbocycles. The molecule has 0 aliphatic rings. The summed E-state index contributed by atoms with van der Waals surface area (Å²) in [6, 6.07) is 16.3. The van der Waals surface area contributed by atoms with Crippen molar-refractivity contribution in [2.75, 3.05) is 20.6 Å². The number of nitrogens with one attached hydrogen (secondary N) is 1. The van der Waals surface area contributed by atoms with Crippen molar-refractivity contribution in [1.29, 1.82) is 5.26 Å². The Hall–Kier alpha value is -3.13. The van der Waals surface area contributed by atoms with Gasteiger partial charge in [0.05, 0.1) is 18.2 Å². The molecule has 116 valence electrons. The van der Waals surface area contributed by atoms with Crippen molar-refractivity contribution in [3.8, 4) is 17.2 Å². The van der Waals surface area contributed by atoms with Crippen LogP contribution in [-0.2, 0) is 4.79 Å². The molecule has 0 radical (unpaired) electrons. The topological polar surface area (TPSA) is 73.2 Å². The van der Waals surface area contributed by atoms with Crippen molar-refractivity contribution in [3.05, 3.63) is 59.7 Å². The van der Waals surface area contributed by atoms with Gasteiger partial charge < -0.3 is 10.2 Å². The van der Waals surface area contributed by atoms with Crippen LogP contribution >= 0.6 is 0 Å². The summed E-state index contributed by atoms with van der Waals surface area (Å²) >= 11 is 0. The molecule has 0 aromatic heterocycles. The molecule has 2 aromatic carbocycles. The Kier molecular flexibility index (Phi) is 5.11. The molecule has 5 nitrogen and oxygen atoms in total. The first-order chi connectivity index (χ1) is 11.0. The predicted molar refractivity (Wildman–Crippen MR) is 87.6 cm³/mol. The van der Waals surface area contributed by atoms with E-state index in [-0.39, 0.29) is 18.4 Å². The lowest BCUT2D eigenvalue weighted by atomic mass is 9.95. The molecular formula is C18H17N3O2. The molecule has 0 bridgehead atoms. The number of rotatable bonds is 4. The van der Waals surface area contributed by atoms with Gasteiger partial charge >= 0.3 is 0 Å². The van der Waals surface area contributed by atoms with E-state index in [1.54, 1.807) is 50.5 Å². The van der Waals surface area contributed by atoms with Crippen LogP contribution in [0.4, 0.5) is 0 Å². The maximum atomic E-state index is 12.4. The van der Waals surface area contributed by atoms with Gasteiger partial charge in [-0.05, 0) is 17.7 Å². The number of likely N-dealkylation sites (N-methyl/N-ethyl adjacent to an activating group) is 1. The summed E-state index contributed by atoms with van der Waals surface area (Å²) in [5, 5.41) is 11.9. The highest BCUT2D eigenvalue weighted by Gasteiger charge is 2.15. The molecule has 5 heteroatoms. The van der Waals surface area contributed by atoms with Crippen molar-refractivity contribution in [2.45, 2.75) is 0 Å². The normalized spacial score (nSPS) is 9.78. The Morgan fingerprint density at radius 2 is 1.65 bits per heavy atom. The molecular weight excluding hydrogens is 290 g/mol. The van der Waals surface area contributed by atoms with E-state index < -0.39 is 0 Å². The molecule has 2 amide bonds. The molecule has 0 saturated carbocycles. The van der Waals surface area contributed by atoms with E-state index in [2.05, 4.69) is 11.4 Å². The Bertz CT molecular complexity index is 776. The molecule has 0 saturated heterocycles. The number of nitrogens with zero attached hydrogens (tertiary/aromatic N) is 2. The second-order valence-corrected chi connectivity index (χ2v) is 5.17. The molecule has 23 heavy (non-hydrogen) atoms. The van der Waals surface area contributed by atoms with Gasteiger partial charge in [-0.15, -0.1) is 0 Å². The summed E-state index contributed by atoms with van der Waals surface area (Å²) in [6.07, 6.45) is 0. The van der Waals surface area contributed by atoms with Crippen molar-refractivity contribution < 1.29 is 9.59 Å². The van der Waals surface area contributed by atoms with Crippen LogP contribution in [-0.4, -0.2) is 37.4 Å². The van der Waals surface area contributed by atoms with Crippen LogP contribution in [0.15, 0.2) is 48.5 Å². The van der Waals surface area contributed by atoms with E-state index in [4.69, 9.17) is 0 Å². The van der Waals surface area contributed by atoms with Gasteiger partial charge in [0.15, 0.2) is 0 Å². The summed E-state index contributed by atoms with van der Waals surface area (Å²) < 4.78 is 0. The molecule has 1 N–H and O–H groups in total. The van der Waals surface area contributed by atoms with Crippen LogP contribution < -0.4 is 5.32 Å². The number of carbonyl (C=O) groups is 2. The zero-order valence-corrected chi connectivity index (χ0v) is 13.0. The Balaban J connectivity index is 2.33. The molecule has 0 atom stereocenters. The quantitative estimate of drug-likeness (QED) is 0.939. The van der Waals surface area contributed by atoms with E-state index in [1.807, 2.05) is 12.1 Å². The average molecular weight is 307 g/mol. The summed E-state index contributed by atoms with van der Waals surface area (Å²) in [5.41, 5.74) is 2.29. The maximum Gasteiger partial charge on any atom is 0.252 e. The number of hydrogen-bond acceptors (Lipinski definition) is 3. The first-order valence-corrected chi connectivity index (χ1v) is 7.11. The van der Waals surface area contributed by atoms with Gasteiger partial charge in [-0.25, -0.2) is 0 Å². The minimum Gasteiger partial charge on any atom is -0.347 e. The zero-order chi connectivity index (χ0) is 16.8. The first-order valence-electron chi connectivity index (χ1n) is 7.11. The summed E-state index contributed by atoms with van der Waals surface area (Å²) in [5.74, 6) is -0.531. The number of amides is 2. The molecule has 0 spiro atoms. The molecule has 0 heterocycles. The Morgan fingerprint density at radius 1 is 1.04 bits per heavy atom. The van der Waals surface area contributed by atoms with E-state index >= 15 is 0 Å². The predicted octanol–water partition coefficient (Wildman–Crippen LogP) is 2.04. The fraction of sp³-hybridized carbons (Fsp3) is 0.167. The average Bonchev–Trinajstić information content (AvgIpc) is 2.59. The smallest absolute Gasteiger partial charge is 0.252 e. The van der Waals surface area contributed by atoms with E-state index in [1.165, 1.54) is 4.90 Å². The highest BCUT2D eigenvalue weighted by molar-refractivity contribution is 6.02. The van der Waals surface area contributed by atoms with E-state index in [0.29, 0.717) is 22.3 Å². The molecule has 0 unspecified atom stereocenters. The van der Waals surface area contributed by atoms with Crippen molar-refractivity contribution in [1.82, 2.24) is 10.2 Å². The van der Waals surface area contributed by atoms with Crippen LogP contribution in [0.2, 0.25) is 0 Å². The minimum absolute atomic E-state index is 0.0694. The van der Waals surface area contributed by atoms with Gasteiger partial charge in [-0.3, -0.25) is 9.59 Å². The third-order valence-electron chi connectivity index (χ3n) is 3.41. The largest absolute Gasteiger partial charge is 0.347 e. The van der Waals surface area contributed by atoms with Gasteiger partial charge in [0.25, 0.3) is 5.91 Å². The fourth-order valence-corrected chi connectivity index (χ4v) is 2.14. The van der Waals surface area contributed by atoms with Crippen molar-refractivity contribution in [3.63, 3.8) is 0 Å². The third-order valence-corrected chi connectivity index (χ3v) is 3.41. The van der Waals surface area contributed by atoms with Gasteiger partial charge in [-0.1, -0.05) is 36.4 Å². The Labute approximate surface area is 135 Å².